The van der Waals surface area contributed by atoms with Crippen LogP contribution in [0.1, 0.15) is 29.2 Å². The molecule has 0 fully saturated rings. The first-order valence-corrected chi connectivity index (χ1v) is 11.3. The van der Waals surface area contributed by atoms with E-state index >= 15 is 0 Å². The molecule has 0 spiro atoms. The van der Waals surface area contributed by atoms with Crippen molar-refractivity contribution in [2.45, 2.75) is 26.8 Å². The molecule has 33 heavy (non-hydrogen) atoms. The smallest absolute Gasteiger partial charge is 0.282 e. The highest BCUT2D eigenvalue weighted by molar-refractivity contribution is 6.45. The van der Waals surface area contributed by atoms with Gasteiger partial charge in [0, 0.05) is 13.1 Å². The van der Waals surface area contributed by atoms with E-state index in [1.165, 1.54) is 16.0 Å². The zero-order valence-corrected chi connectivity index (χ0v) is 18.9. The monoisotopic (exact) mass is 438 g/mol. The number of carbonyl (C=O) groups is 2. The molecule has 5 nitrogen and oxygen atoms in total. The Balaban J connectivity index is 1.57. The minimum atomic E-state index is -0.290. The maximum absolute atomic E-state index is 13.8. The molecule has 5 heteroatoms. The standard InChI is InChI=1S/C28H26N2O3/c1-3-33-24-14-12-23(13-15-24)30-27(31)25(21-10-8-19(2)9-11-21)26(28(30)32)29-17-16-20-6-4-5-7-22(20)18-29/h4-15H,3,16-18H2,1-2H3. The summed E-state index contributed by atoms with van der Waals surface area (Å²) in [6.07, 6.45) is 0.839. The lowest BCUT2D eigenvalue weighted by Gasteiger charge is -2.31. The molecule has 0 N–H and O–H groups in total. The van der Waals surface area contributed by atoms with E-state index in [0.717, 1.165) is 17.5 Å². The van der Waals surface area contributed by atoms with Crippen molar-refractivity contribution in [2.24, 2.45) is 0 Å². The predicted octanol–water partition coefficient (Wildman–Crippen LogP) is 4.74. The average Bonchev–Trinajstić information content (AvgIpc) is 3.10. The molecular formula is C28H26N2O3. The van der Waals surface area contributed by atoms with Gasteiger partial charge in [-0.2, -0.15) is 0 Å². The van der Waals surface area contributed by atoms with Gasteiger partial charge in [-0.15, -0.1) is 0 Å². The predicted molar refractivity (Wildman–Crippen MR) is 129 cm³/mol. The minimum Gasteiger partial charge on any atom is -0.494 e. The molecule has 0 saturated carbocycles. The minimum absolute atomic E-state index is 0.279. The van der Waals surface area contributed by atoms with Crippen LogP contribution in [-0.4, -0.2) is 29.9 Å². The number of hydrogen-bond donors (Lipinski definition) is 0. The second-order valence-corrected chi connectivity index (χ2v) is 8.40. The maximum Gasteiger partial charge on any atom is 0.282 e. The van der Waals surface area contributed by atoms with E-state index in [2.05, 4.69) is 17.0 Å². The molecule has 2 aliphatic heterocycles. The van der Waals surface area contributed by atoms with E-state index in [0.29, 0.717) is 42.4 Å². The Bertz CT molecular complexity index is 1240. The molecule has 166 valence electrons. The van der Waals surface area contributed by atoms with Gasteiger partial charge in [-0.1, -0.05) is 54.1 Å². The fourth-order valence-corrected chi connectivity index (χ4v) is 4.57. The zero-order chi connectivity index (χ0) is 22.9. The second-order valence-electron chi connectivity index (χ2n) is 8.40. The summed E-state index contributed by atoms with van der Waals surface area (Å²) in [6, 6.07) is 23.2. The highest BCUT2D eigenvalue weighted by atomic mass is 16.5. The summed E-state index contributed by atoms with van der Waals surface area (Å²) in [6.45, 7) is 5.78. The molecule has 0 unspecified atom stereocenters. The molecule has 3 aromatic carbocycles. The van der Waals surface area contributed by atoms with Crippen molar-refractivity contribution < 1.29 is 14.3 Å². The first kappa shape index (κ1) is 21.0. The summed E-state index contributed by atoms with van der Waals surface area (Å²) in [4.78, 5) is 30.8. The molecule has 2 heterocycles. The second kappa shape index (κ2) is 8.58. The Labute approximate surface area is 193 Å². The molecule has 2 aliphatic rings. The summed E-state index contributed by atoms with van der Waals surface area (Å²) in [5.41, 5.74) is 5.85. The highest BCUT2D eigenvalue weighted by Crippen LogP contribution is 2.37. The van der Waals surface area contributed by atoms with Gasteiger partial charge in [-0.3, -0.25) is 9.59 Å². The van der Waals surface area contributed by atoms with Gasteiger partial charge in [0.2, 0.25) is 0 Å². The molecule has 3 aromatic rings. The van der Waals surface area contributed by atoms with Crippen molar-refractivity contribution >= 4 is 23.1 Å². The van der Waals surface area contributed by atoms with Crippen LogP contribution in [0.15, 0.2) is 78.5 Å². The zero-order valence-electron chi connectivity index (χ0n) is 18.9. The number of nitrogens with zero attached hydrogens (tertiary/aromatic N) is 2. The van der Waals surface area contributed by atoms with E-state index < -0.39 is 0 Å². The number of imide groups is 1. The lowest BCUT2D eigenvalue weighted by Crippen LogP contribution is -2.37. The van der Waals surface area contributed by atoms with Crippen LogP contribution in [0.3, 0.4) is 0 Å². The number of anilines is 1. The topological polar surface area (TPSA) is 49.9 Å². The number of aryl methyl sites for hydroxylation is 1. The molecule has 0 atom stereocenters. The van der Waals surface area contributed by atoms with E-state index in [1.54, 1.807) is 24.3 Å². The molecule has 5 rings (SSSR count). The van der Waals surface area contributed by atoms with Gasteiger partial charge in [-0.25, -0.2) is 4.90 Å². The van der Waals surface area contributed by atoms with E-state index in [-0.39, 0.29) is 11.8 Å². The van der Waals surface area contributed by atoms with Crippen molar-refractivity contribution in [1.82, 2.24) is 4.90 Å². The molecule has 0 radical (unpaired) electrons. The molecular weight excluding hydrogens is 412 g/mol. The van der Waals surface area contributed by atoms with Crippen LogP contribution in [0, 0.1) is 6.92 Å². The van der Waals surface area contributed by atoms with Crippen molar-refractivity contribution in [1.29, 1.82) is 0 Å². The normalized spacial score (nSPS) is 15.8. The third-order valence-electron chi connectivity index (χ3n) is 6.25. The summed E-state index contributed by atoms with van der Waals surface area (Å²) >= 11 is 0. The Morgan fingerprint density at radius 3 is 2.24 bits per heavy atom. The molecule has 0 saturated heterocycles. The van der Waals surface area contributed by atoms with Crippen LogP contribution in [0.25, 0.3) is 5.57 Å². The first-order valence-electron chi connectivity index (χ1n) is 11.3. The first-order chi connectivity index (χ1) is 16.1. The van der Waals surface area contributed by atoms with Crippen LogP contribution >= 0.6 is 0 Å². The van der Waals surface area contributed by atoms with Gasteiger partial charge in [0.1, 0.15) is 11.4 Å². The van der Waals surface area contributed by atoms with Crippen molar-refractivity contribution in [2.75, 3.05) is 18.1 Å². The van der Waals surface area contributed by atoms with Gasteiger partial charge in [0.25, 0.3) is 11.8 Å². The summed E-state index contributed by atoms with van der Waals surface area (Å²) in [5, 5.41) is 0. The fourth-order valence-electron chi connectivity index (χ4n) is 4.57. The van der Waals surface area contributed by atoms with Crippen molar-refractivity contribution in [3.05, 3.63) is 101 Å². The number of benzene rings is 3. The Morgan fingerprint density at radius 1 is 0.848 bits per heavy atom. The van der Waals surface area contributed by atoms with E-state index in [1.807, 2.05) is 50.2 Å². The SMILES string of the molecule is CCOc1ccc(N2C(=O)C(c3ccc(C)cc3)=C(N3CCc4ccccc4C3)C2=O)cc1. The average molecular weight is 439 g/mol. The van der Waals surface area contributed by atoms with Gasteiger partial charge >= 0.3 is 0 Å². The maximum atomic E-state index is 13.8. The molecule has 0 bridgehead atoms. The van der Waals surface area contributed by atoms with Crippen LogP contribution in [0.4, 0.5) is 5.69 Å². The van der Waals surface area contributed by atoms with Crippen LogP contribution < -0.4 is 9.64 Å². The Morgan fingerprint density at radius 2 is 1.55 bits per heavy atom. The van der Waals surface area contributed by atoms with Crippen LogP contribution in [-0.2, 0) is 22.6 Å². The molecule has 2 amide bonds. The largest absolute Gasteiger partial charge is 0.494 e. The molecule has 0 aromatic heterocycles. The van der Waals surface area contributed by atoms with Crippen LogP contribution in [0.5, 0.6) is 5.75 Å². The third kappa shape index (κ3) is 3.80. The van der Waals surface area contributed by atoms with Crippen LogP contribution in [0.2, 0.25) is 0 Å². The number of fused-ring (bicyclic) bond motifs is 1. The van der Waals surface area contributed by atoms with Crippen molar-refractivity contribution in [3.8, 4) is 5.75 Å². The number of hydrogen-bond acceptors (Lipinski definition) is 4. The number of ether oxygens (including phenoxy) is 1. The van der Waals surface area contributed by atoms with Crippen molar-refractivity contribution in [3.63, 3.8) is 0 Å². The lowest BCUT2D eigenvalue weighted by atomic mass is 9.97. The summed E-state index contributed by atoms with van der Waals surface area (Å²) in [7, 11) is 0. The van der Waals surface area contributed by atoms with Gasteiger partial charge in [0.15, 0.2) is 0 Å². The third-order valence-corrected chi connectivity index (χ3v) is 6.25. The number of carbonyl (C=O) groups excluding carboxylic acids is 2. The quantitative estimate of drug-likeness (QED) is 0.540. The van der Waals surface area contributed by atoms with E-state index in [4.69, 9.17) is 4.74 Å². The molecule has 0 aliphatic carbocycles. The summed E-state index contributed by atoms with van der Waals surface area (Å²) in [5.74, 6) is 0.140. The van der Waals surface area contributed by atoms with E-state index in [9.17, 15) is 9.59 Å². The number of rotatable bonds is 5. The van der Waals surface area contributed by atoms with Gasteiger partial charge in [0.05, 0.1) is 17.9 Å². The summed E-state index contributed by atoms with van der Waals surface area (Å²) < 4.78 is 5.52. The lowest BCUT2D eigenvalue weighted by molar-refractivity contribution is -0.120. The van der Waals surface area contributed by atoms with Gasteiger partial charge in [-0.05, 0) is 61.2 Å². The Kier molecular flexibility index (Phi) is 5.47. The fraction of sp³-hybridized carbons (Fsp3) is 0.214. The highest BCUT2D eigenvalue weighted by Gasteiger charge is 2.43. The number of amides is 2. The Hall–Kier alpha value is -3.86. The van der Waals surface area contributed by atoms with Gasteiger partial charge < -0.3 is 9.64 Å².